The highest BCUT2D eigenvalue weighted by molar-refractivity contribution is 7.47. The van der Waals surface area contributed by atoms with E-state index in [0.717, 1.165) is 122 Å². The highest BCUT2D eigenvalue weighted by atomic mass is 31.2. The SMILES string of the molecule is CC/C=C\C/C=C\C/C=C\C/C=C\C/C=C\CCCCCC(=O)OCC(COP(=O)(O)OCC(O)COP(=O)(O)OCC(COC(=O)CCCCCCCCCCCCCCCCC)OC(=O)CCCCCCCCCCCCCCC)OC(=O)CCCCCCCCCCCCC. The maximum Gasteiger partial charge on any atom is 0.472 e. The minimum atomic E-state index is -4.97. The van der Waals surface area contributed by atoms with Gasteiger partial charge in [-0.15, -0.1) is 0 Å². The Morgan fingerprint density at radius 1 is 0.296 bits per heavy atom. The summed E-state index contributed by atoms with van der Waals surface area (Å²) in [5.74, 6) is -2.17. The summed E-state index contributed by atoms with van der Waals surface area (Å²) < 4.78 is 68.5. The molecular weight excluding hydrogens is 1280 g/mol. The molecular formula is C79H144O17P2. The number of hydrogen-bond acceptors (Lipinski definition) is 15. The molecule has 572 valence electrons. The third-order valence-corrected chi connectivity index (χ3v) is 18.9. The van der Waals surface area contributed by atoms with Crippen LogP contribution in [0.4, 0.5) is 0 Å². The molecule has 19 heteroatoms. The van der Waals surface area contributed by atoms with Crippen LogP contribution in [-0.2, 0) is 65.4 Å². The fraction of sp³-hybridized carbons (Fsp3) is 0.823. The molecule has 0 aromatic heterocycles. The normalized spacial score (nSPS) is 14.2. The van der Waals surface area contributed by atoms with E-state index in [1.165, 1.54) is 161 Å². The van der Waals surface area contributed by atoms with Gasteiger partial charge in [-0.3, -0.25) is 37.3 Å². The lowest BCUT2D eigenvalue weighted by atomic mass is 10.0. The predicted molar refractivity (Wildman–Crippen MR) is 400 cm³/mol. The number of aliphatic hydroxyl groups excluding tert-OH is 1. The van der Waals surface area contributed by atoms with Gasteiger partial charge in [0, 0.05) is 25.7 Å². The molecule has 0 saturated carbocycles. The zero-order chi connectivity index (χ0) is 71.8. The van der Waals surface area contributed by atoms with E-state index in [1.54, 1.807) is 0 Å². The van der Waals surface area contributed by atoms with Crippen molar-refractivity contribution < 1.29 is 80.2 Å². The molecule has 0 aromatic rings. The molecule has 0 aliphatic heterocycles. The first-order chi connectivity index (χ1) is 47.7. The molecule has 0 heterocycles. The number of allylic oxidation sites excluding steroid dienone is 10. The van der Waals surface area contributed by atoms with Crippen molar-refractivity contribution in [3.8, 4) is 0 Å². The Balaban J connectivity index is 5.29. The minimum absolute atomic E-state index is 0.0929. The van der Waals surface area contributed by atoms with Crippen LogP contribution in [0.25, 0.3) is 0 Å². The van der Waals surface area contributed by atoms with Gasteiger partial charge in [-0.2, -0.15) is 0 Å². The van der Waals surface area contributed by atoms with Crippen LogP contribution < -0.4 is 0 Å². The highest BCUT2D eigenvalue weighted by Crippen LogP contribution is 2.45. The van der Waals surface area contributed by atoms with Gasteiger partial charge < -0.3 is 33.8 Å². The van der Waals surface area contributed by atoms with E-state index >= 15 is 0 Å². The number of carbonyl (C=O) groups excluding carboxylic acids is 4. The molecule has 0 fully saturated rings. The summed E-state index contributed by atoms with van der Waals surface area (Å²) >= 11 is 0. The maximum absolute atomic E-state index is 13.1. The second kappa shape index (κ2) is 72.1. The van der Waals surface area contributed by atoms with Crippen molar-refractivity contribution in [2.75, 3.05) is 39.6 Å². The molecule has 0 spiro atoms. The van der Waals surface area contributed by atoms with Crippen LogP contribution in [-0.4, -0.2) is 96.7 Å². The number of ether oxygens (including phenoxy) is 4. The Labute approximate surface area is 597 Å². The van der Waals surface area contributed by atoms with Crippen LogP contribution in [0.2, 0.25) is 0 Å². The summed E-state index contributed by atoms with van der Waals surface area (Å²) in [4.78, 5) is 72.9. The van der Waals surface area contributed by atoms with Crippen molar-refractivity contribution in [3.63, 3.8) is 0 Å². The summed E-state index contributed by atoms with van der Waals surface area (Å²) in [6.45, 7) is 4.79. The Kier molecular flexibility index (Phi) is 69.7. The van der Waals surface area contributed by atoms with E-state index in [4.69, 9.17) is 37.0 Å². The lowest BCUT2D eigenvalue weighted by molar-refractivity contribution is -0.161. The number of phosphoric ester groups is 2. The van der Waals surface area contributed by atoms with Gasteiger partial charge in [0.05, 0.1) is 26.4 Å². The van der Waals surface area contributed by atoms with Crippen molar-refractivity contribution in [1.82, 2.24) is 0 Å². The van der Waals surface area contributed by atoms with Gasteiger partial charge in [-0.1, -0.05) is 326 Å². The number of phosphoric acid groups is 2. The van der Waals surface area contributed by atoms with Crippen molar-refractivity contribution in [1.29, 1.82) is 0 Å². The number of carbonyl (C=O) groups is 4. The van der Waals surface area contributed by atoms with E-state index in [2.05, 4.69) is 88.5 Å². The Hall–Kier alpha value is -3.24. The van der Waals surface area contributed by atoms with Gasteiger partial charge in [-0.05, 0) is 70.6 Å². The van der Waals surface area contributed by atoms with Crippen LogP contribution in [0, 0.1) is 0 Å². The van der Waals surface area contributed by atoms with Crippen LogP contribution in [0.3, 0.4) is 0 Å². The van der Waals surface area contributed by atoms with Gasteiger partial charge in [0.25, 0.3) is 0 Å². The number of rotatable bonds is 75. The second-order valence-electron chi connectivity index (χ2n) is 26.6. The first-order valence-corrected chi connectivity index (χ1v) is 42.5. The van der Waals surface area contributed by atoms with E-state index in [9.17, 15) is 43.2 Å². The molecule has 0 bridgehead atoms. The molecule has 0 aliphatic rings. The zero-order valence-electron chi connectivity index (χ0n) is 62.5. The summed E-state index contributed by atoms with van der Waals surface area (Å²) in [6, 6.07) is 0. The zero-order valence-corrected chi connectivity index (χ0v) is 64.3. The summed E-state index contributed by atoms with van der Waals surface area (Å²) in [7, 11) is -9.94. The van der Waals surface area contributed by atoms with Gasteiger partial charge in [-0.25, -0.2) is 9.13 Å². The van der Waals surface area contributed by atoms with Gasteiger partial charge in [0.15, 0.2) is 12.2 Å². The van der Waals surface area contributed by atoms with Crippen molar-refractivity contribution >= 4 is 39.5 Å². The molecule has 3 N–H and O–H groups in total. The van der Waals surface area contributed by atoms with E-state index in [-0.39, 0.29) is 25.7 Å². The molecule has 5 atom stereocenters. The van der Waals surface area contributed by atoms with E-state index < -0.39 is 97.5 Å². The fourth-order valence-corrected chi connectivity index (χ4v) is 12.6. The van der Waals surface area contributed by atoms with Crippen LogP contribution in [0.5, 0.6) is 0 Å². The summed E-state index contributed by atoms with van der Waals surface area (Å²) in [5.41, 5.74) is 0. The van der Waals surface area contributed by atoms with Crippen LogP contribution in [0.15, 0.2) is 60.8 Å². The second-order valence-corrected chi connectivity index (χ2v) is 29.6. The third kappa shape index (κ3) is 71.2. The van der Waals surface area contributed by atoms with Gasteiger partial charge in [0.1, 0.15) is 19.3 Å². The predicted octanol–water partition coefficient (Wildman–Crippen LogP) is 22.7. The molecule has 17 nitrogen and oxygen atoms in total. The first-order valence-electron chi connectivity index (χ1n) is 39.5. The number of aliphatic hydroxyl groups is 1. The molecule has 0 rings (SSSR count). The first kappa shape index (κ1) is 94.8. The minimum Gasteiger partial charge on any atom is -0.462 e. The molecule has 0 aromatic carbocycles. The quantitative estimate of drug-likeness (QED) is 0.0169. The van der Waals surface area contributed by atoms with Crippen LogP contribution >= 0.6 is 15.6 Å². The number of unbranched alkanes of at least 4 members (excludes halogenated alkanes) is 39. The smallest absolute Gasteiger partial charge is 0.462 e. The Morgan fingerprint density at radius 2 is 0.531 bits per heavy atom. The standard InChI is InChI=1S/C79H144O17P2/c1-5-9-13-17-21-25-29-32-34-35-36-37-39-42-45-48-52-56-60-64-77(82)89-69-74(95-78(83)65-61-57-53-49-43-28-24-20-16-12-8-4)71-93-97(85,86)91-67-73(80)68-92-98(87,88)94-72-75(96-79(84)66-62-58-54-50-46-40-31-27-23-19-15-11-7-3)70-90-76(81)63-59-55-51-47-44-41-38-33-30-26-22-18-14-10-6-2/h9,13,21,25,32,34,36-37,42,45,73-75,80H,5-8,10-12,14-20,22-24,26-31,33,35,38-41,43-44,46-72H2,1-4H3,(H,85,86)(H,87,88)/b13-9-,25-21-,34-32-,37-36-,45-42-. The van der Waals surface area contributed by atoms with Crippen molar-refractivity contribution in [3.05, 3.63) is 60.8 Å². The molecule has 0 amide bonds. The fourth-order valence-electron chi connectivity index (χ4n) is 11.0. The molecule has 0 saturated heterocycles. The molecule has 0 radical (unpaired) electrons. The highest BCUT2D eigenvalue weighted by Gasteiger charge is 2.30. The van der Waals surface area contributed by atoms with Crippen molar-refractivity contribution in [2.24, 2.45) is 0 Å². The summed E-state index contributed by atoms with van der Waals surface area (Å²) in [6.07, 6.45) is 70.6. The average Bonchev–Trinajstić information content (AvgIpc) is 1.00. The maximum atomic E-state index is 13.1. The van der Waals surface area contributed by atoms with Crippen LogP contribution in [0.1, 0.15) is 362 Å². The Bertz CT molecular complexity index is 2100. The average molecular weight is 1430 g/mol. The molecule has 0 aliphatic carbocycles. The third-order valence-electron chi connectivity index (χ3n) is 17.0. The lowest BCUT2D eigenvalue weighted by Gasteiger charge is -2.21. The number of esters is 4. The number of hydrogen-bond donors (Lipinski definition) is 3. The van der Waals surface area contributed by atoms with Gasteiger partial charge in [0.2, 0.25) is 0 Å². The van der Waals surface area contributed by atoms with Crippen molar-refractivity contribution in [2.45, 2.75) is 380 Å². The topological polar surface area (TPSA) is 237 Å². The monoisotopic (exact) mass is 1430 g/mol. The lowest BCUT2D eigenvalue weighted by Crippen LogP contribution is -2.30. The van der Waals surface area contributed by atoms with E-state index in [1.807, 2.05) is 0 Å². The van der Waals surface area contributed by atoms with E-state index in [0.29, 0.717) is 25.7 Å². The van der Waals surface area contributed by atoms with Gasteiger partial charge >= 0.3 is 39.5 Å². The Morgan fingerprint density at radius 3 is 0.816 bits per heavy atom. The molecule has 5 unspecified atom stereocenters. The summed E-state index contributed by atoms with van der Waals surface area (Å²) in [5, 5.41) is 10.6. The largest absolute Gasteiger partial charge is 0.472 e. The molecule has 98 heavy (non-hydrogen) atoms.